The van der Waals surface area contributed by atoms with Crippen LogP contribution in [-0.4, -0.2) is 14.2 Å². The quantitative estimate of drug-likeness (QED) is 0.687. The van der Waals surface area contributed by atoms with Crippen LogP contribution in [0.15, 0.2) is 42.5 Å². The van der Waals surface area contributed by atoms with E-state index in [1.54, 1.807) is 20.3 Å². The Morgan fingerprint density at radius 1 is 1.05 bits per heavy atom. The number of halogens is 2. The molecular formula is C17H18BrFO2. The fourth-order valence-corrected chi connectivity index (χ4v) is 2.78. The molecule has 0 spiro atoms. The van der Waals surface area contributed by atoms with E-state index in [9.17, 15) is 4.39 Å². The first-order valence-corrected chi connectivity index (χ1v) is 7.66. The lowest BCUT2D eigenvalue weighted by Crippen LogP contribution is -1.98. The average molecular weight is 353 g/mol. The molecule has 2 aromatic rings. The van der Waals surface area contributed by atoms with Gasteiger partial charge in [-0.25, -0.2) is 4.39 Å². The molecule has 1 unspecified atom stereocenters. The van der Waals surface area contributed by atoms with Gasteiger partial charge in [-0.15, -0.1) is 0 Å². The molecular weight excluding hydrogens is 335 g/mol. The van der Waals surface area contributed by atoms with Gasteiger partial charge in [0.25, 0.3) is 0 Å². The van der Waals surface area contributed by atoms with Crippen molar-refractivity contribution >= 4 is 15.9 Å². The molecule has 0 N–H and O–H groups in total. The van der Waals surface area contributed by atoms with Crippen LogP contribution in [0, 0.1) is 5.82 Å². The van der Waals surface area contributed by atoms with Crippen molar-refractivity contribution in [2.75, 3.05) is 14.2 Å². The number of methoxy groups -OCH3 is 2. The van der Waals surface area contributed by atoms with Crippen molar-refractivity contribution in [2.24, 2.45) is 0 Å². The number of hydrogen-bond donors (Lipinski definition) is 0. The maximum Gasteiger partial charge on any atom is 0.123 e. The molecule has 2 nitrogen and oxygen atoms in total. The zero-order chi connectivity index (χ0) is 15.2. The molecule has 0 radical (unpaired) electrons. The zero-order valence-electron chi connectivity index (χ0n) is 12.1. The van der Waals surface area contributed by atoms with Crippen LogP contribution in [0.3, 0.4) is 0 Å². The Hall–Kier alpha value is -1.55. The molecule has 2 rings (SSSR count). The largest absolute Gasteiger partial charge is 0.497 e. The molecule has 1 atom stereocenters. The van der Waals surface area contributed by atoms with E-state index in [-0.39, 0.29) is 10.6 Å². The lowest BCUT2D eigenvalue weighted by Gasteiger charge is -2.14. The summed E-state index contributed by atoms with van der Waals surface area (Å²) in [6.07, 6.45) is 1.74. The van der Waals surface area contributed by atoms with Crippen molar-refractivity contribution in [3.05, 3.63) is 59.4 Å². The highest BCUT2D eigenvalue weighted by Crippen LogP contribution is 2.35. The molecule has 21 heavy (non-hydrogen) atoms. The van der Waals surface area contributed by atoms with Gasteiger partial charge >= 0.3 is 0 Å². The minimum atomic E-state index is -0.250. The summed E-state index contributed by atoms with van der Waals surface area (Å²) >= 11 is 3.63. The van der Waals surface area contributed by atoms with E-state index < -0.39 is 0 Å². The SMILES string of the molecule is COc1ccc(CCC(Br)c2cc(F)ccc2OC)cc1. The summed E-state index contributed by atoms with van der Waals surface area (Å²) in [6, 6.07) is 12.6. The van der Waals surface area contributed by atoms with E-state index in [1.165, 1.54) is 17.7 Å². The molecule has 0 fully saturated rings. The van der Waals surface area contributed by atoms with Crippen LogP contribution in [0.25, 0.3) is 0 Å². The Labute approximate surface area is 133 Å². The highest BCUT2D eigenvalue weighted by molar-refractivity contribution is 9.09. The van der Waals surface area contributed by atoms with E-state index in [2.05, 4.69) is 15.9 Å². The third-order valence-corrected chi connectivity index (χ3v) is 4.33. The molecule has 0 bridgehead atoms. The van der Waals surface area contributed by atoms with Crippen LogP contribution in [-0.2, 0) is 6.42 Å². The second-order valence-corrected chi connectivity index (χ2v) is 5.85. The second-order valence-electron chi connectivity index (χ2n) is 4.74. The first-order valence-electron chi connectivity index (χ1n) is 6.74. The number of ether oxygens (including phenoxy) is 2. The van der Waals surface area contributed by atoms with E-state index in [4.69, 9.17) is 9.47 Å². The summed E-state index contributed by atoms with van der Waals surface area (Å²) in [6.45, 7) is 0. The van der Waals surface area contributed by atoms with Gasteiger partial charge in [0.2, 0.25) is 0 Å². The first kappa shape index (κ1) is 15.8. The summed E-state index contributed by atoms with van der Waals surface area (Å²) in [5, 5.41) is 0. The van der Waals surface area contributed by atoms with Gasteiger partial charge in [-0.1, -0.05) is 28.1 Å². The molecule has 2 aromatic carbocycles. The normalized spacial score (nSPS) is 12.0. The monoisotopic (exact) mass is 352 g/mol. The highest BCUT2D eigenvalue weighted by atomic mass is 79.9. The number of rotatable bonds is 6. The van der Waals surface area contributed by atoms with Crippen molar-refractivity contribution in [3.8, 4) is 11.5 Å². The molecule has 0 saturated heterocycles. The topological polar surface area (TPSA) is 18.5 Å². The molecule has 0 aliphatic heterocycles. The summed E-state index contributed by atoms with van der Waals surface area (Å²) in [7, 11) is 3.25. The van der Waals surface area contributed by atoms with Gasteiger partial charge in [-0.2, -0.15) is 0 Å². The van der Waals surface area contributed by atoms with Gasteiger partial charge in [0.05, 0.1) is 14.2 Å². The third kappa shape index (κ3) is 4.21. The zero-order valence-corrected chi connectivity index (χ0v) is 13.7. The molecule has 112 valence electrons. The Morgan fingerprint density at radius 3 is 2.38 bits per heavy atom. The van der Waals surface area contributed by atoms with Gasteiger partial charge in [0, 0.05) is 10.4 Å². The van der Waals surface area contributed by atoms with Crippen LogP contribution >= 0.6 is 15.9 Å². The fraction of sp³-hybridized carbons (Fsp3) is 0.294. The highest BCUT2D eigenvalue weighted by Gasteiger charge is 2.14. The van der Waals surface area contributed by atoms with Gasteiger partial charge in [0.15, 0.2) is 0 Å². The fourth-order valence-electron chi connectivity index (χ4n) is 2.19. The van der Waals surface area contributed by atoms with E-state index in [1.807, 2.05) is 24.3 Å². The van der Waals surface area contributed by atoms with Crippen LogP contribution in [0.5, 0.6) is 11.5 Å². The number of aryl methyl sites for hydroxylation is 1. The smallest absolute Gasteiger partial charge is 0.123 e. The van der Waals surface area contributed by atoms with Crippen LogP contribution in [0.4, 0.5) is 4.39 Å². The Kier molecular flexibility index (Phi) is 5.62. The number of alkyl halides is 1. The maximum atomic E-state index is 13.4. The molecule has 0 heterocycles. The molecule has 4 heteroatoms. The first-order chi connectivity index (χ1) is 10.1. The van der Waals surface area contributed by atoms with Crippen molar-refractivity contribution in [2.45, 2.75) is 17.7 Å². The predicted octanol–water partition coefficient (Wildman–Crippen LogP) is 4.91. The Bertz CT molecular complexity index is 584. The van der Waals surface area contributed by atoms with E-state index in [0.29, 0.717) is 5.75 Å². The lowest BCUT2D eigenvalue weighted by molar-refractivity contribution is 0.407. The number of benzene rings is 2. The van der Waals surface area contributed by atoms with Crippen LogP contribution in [0.2, 0.25) is 0 Å². The average Bonchev–Trinajstić information content (AvgIpc) is 2.53. The van der Waals surface area contributed by atoms with Gasteiger partial charge in [0.1, 0.15) is 17.3 Å². The van der Waals surface area contributed by atoms with Crippen LogP contribution in [0.1, 0.15) is 22.4 Å². The van der Waals surface area contributed by atoms with Crippen molar-refractivity contribution in [1.82, 2.24) is 0 Å². The maximum absolute atomic E-state index is 13.4. The second kappa shape index (κ2) is 7.46. The Balaban J connectivity index is 2.03. The van der Waals surface area contributed by atoms with Crippen molar-refractivity contribution < 1.29 is 13.9 Å². The molecule has 0 saturated carbocycles. The van der Waals surface area contributed by atoms with Crippen molar-refractivity contribution in [1.29, 1.82) is 0 Å². The van der Waals surface area contributed by atoms with E-state index >= 15 is 0 Å². The predicted molar refractivity (Wildman–Crippen MR) is 85.9 cm³/mol. The standard InChI is InChI=1S/C17H18BrFO2/c1-20-14-7-3-12(4-8-14)5-9-16(18)15-11-13(19)6-10-17(15)21-2/h3-4,6-8,10-11,16H,5,9H2,1-2H3. The van der Waals surface area contributed by atoms with Gasteiger partial charge in [-0.3, -0.25) is 0 Å². The summed E-state index contributed by atoms with van der Waals surface area (Å²) < 4.78 is 23.8. The summed E-state index contributed by atoms with van der Waals surface area (Å²) in [5.41, 5.74) is 2.06. The summed E-state index contributed by atoms with van der Waals surface area (Å²) in [5.74, 6) is 1.30. The Morgan fingerprint density at radius 2 is 1.76 bits per heavy atom. The molecule has 0 aliphatic carbocycles. The molecule has 0 amide bonds. The van der Waals surface area contributed by atoms with E-state index in [0.717, 1.165) is 24.2 Å². The van der Waals surface area contributed by atoms with Gasteiger partial charge in [-0.05, 0) is 48.7 Å². The minimum absolute atomic E-state index is 0.0465. The molecule has 0 aliphatic rings. The third-order valence-electron chi connectivity index (χ3n) is 3.37. The summed E-state index contributed by atoms with van der Waals surface area (Å²) in [4.78, 5) is 0.0465. The van der Waals surface area contributed by atoms with Crippen molar-refractivity contribution in [3.63, 3.8) is 0 Å². The van der Waals surface area contributed by atoms with Crippen LogP contribution < -0.4 is 9.47 Å². The number of hydrogen-bond acceptors (Lipinski definition) is 2. The lowest BCUT2D eigenvalue weighted by atomic mass is 10.0. The van der Waals surface area contributed by atoms with Gasteiger partial charge < -0.3 is 9.47 Å². The minimum Gasteiger partial charge on any atom is -0.497 e. The molecule has 0 aromatic heterocycles.